The highest BCUT2D eigenvalue weighted by Crippen LogP contribution is 2.36. The number of nitrogens with one attached hydrogen (secondary N) is 1. The molecular weight excluding hydrogens is 410 g/mol. The van der Waals surface area contributed by atoms with Gasteiger partial charge in [0.25, 0.3) is 0 Å². The van der Waals surface area contributed by atoms with E-state index in [0.717, 1.165) is 10.9 Å². The highest BCUT2D eigenvalue weighted by atomic mass is 79.9. The Morgan fingerprint density at radius 1 is 1.10 bits per heavy atom. The largest absolute Gasteiger partial charge is 0.313 e. The van der Waals surface area contributed by atoms with Crippen LogP contribution in [0.5, 0.6) is 0 Å². The minimum atomic E-state index is 0.328. The maximum atomic E-state index is 3.64. The maximum Gasteiger partial charge on any atom is 0.0488 e. The Morgan fingerprint density at radius 2 is 1.86 bits per heavy atom. The van der Waals surface area contributed by atoms with Gasteiger partial charge in [0.1, 0.15) is 0 Å². The van der Waals surface area contributed by atoms with Crippen LogP contribution in [-0.2, 0) is 6.42 Å². The molecule has 1 atom stereocenters. The van der Waals surface area contributed by atoms with Crippen LogP contribution >= 0.6 is 43.2 Å². The molecule has 2 aromatic carbocycles. The van der Waals surface area contributed by atoms with Gasteiger partial charge in [-0.05, 0) is 69.5 Å². The Kier molecular flexibility index (Phi) is 4.79. The van der Waals surface area contributed by atoms with E-state index in [2.05, 4.69) is 85.0 Å². The number of benzene rings is 2. The number of hydrogen-bond donors (Lipinski definition) is 1. The fourth-order valence-electron chi connectivity index (χ4n) is 2.54. The van der Waals surface area contributed by atoms with Crippen LogP contribution in [0, 0.1) is 0 Å². The van der Waals surface area contributed by atoms with Gasteiger partial charge < -0.3 is 5.32 Å². The van der Waals surface area contributed by atoms with Gasteiger partial charge in [0, 0.05) is 19.7 Å². The fraction of sp³-hybridized carbons (Fsp3) is 0.176. The van der Waals surface area contributed by atoms with Gasteiger partial charge in [0.2, 0.25) is 0 Å². The molecule has 0 aliphatic heterocycles. The molecule has 21 heavy (non-hydrogen) atoms. The summed E-state index contributed by atoms with van der Waals surface area (Å²) in [5.41, 5.74) is 2.72. The molecule has 0 radical (unpaired) electrons. The summed E-state index contributed by atoms with van der Waals surface area (Å²) in [5, 5.41) is 7.07. The Hall–Kier alpha value is -0.680. The molecule has 0 saturated carbocycles. The predicted octanol–water partition coefficient (Wildman–Crippen LogP) is 5.93. The van der Waals surface area contributed by atoms with Crippen molar-refractivity contribution in [1.82, 2.24) is 5.32 Å². The van der Waals surface area contributed by atoms with E-state index in [4.69, 9.17) is 0 Å². The number of hydrogen-bond acceptors (Lipinski definition) is 2. The number of thiophene rings is 1. The van der Waals surface area contributed by atoms with Gasteiger partial charge in [0.15, 0.2) is 0 Å². The second-order valence-electron chi connectivity index (χ2n) is 4.98. The van der Waals surface area contributed by atoms with Gasteiger partial charge in [-0.2, -0.15) is 0 Å². The smallest absolute Gasteiger partial charge is 0.0488 e. The minimum absolute atomic E-state index is 0.328. The molecule has 0 bridgehead atoms. The van der Waals surface area contributed by atoms with Crippen molar-refractivity contribution in [2.45, 2.75) is 12.5 Å². The molecule has 1 heterocycles. The third-order valence-corrected chi connectivity index (χ3v) is 6.16. The second kappa shape index (κ2) is 6.61. The summed E-state index contributed by atoms with van der Waals surface area (Å²) in [6, 6.07) is 15.3. The summed E-state index contributed by atoms with van der Waals surface area (Å²) >= 11 is 8.93. The van der Waals surface area contributed by atoms with Gasteiger partial charge in [-0.25, -0.2) is 0 Å². The summed E-state index contributed by atoms with van der Waals surface area (Å²) in [5.74, 6) is 0. The molecule has 0 aliphatic carbocycles. The Bertz CT molecular complexity index is 749. The summed E-state index contributed by atoms with van der Waals surface area (Å²) < 4.78 is 3.62. The molecule has 4 heteroatoms. The molecule has 0 fully saturated rings. The Labute approximate surface area is 145 Å². The van der Waals surface area contributed by atoms with Gasteiger partial charge in [-0.15, -0.1) is 11.3 Å². The van der Waals surface area contributed by atoms with E-state index >= 15 is 0 Å². The first kappa shape index (κ1) is 15.2. The van der Waals surface area contributed by atoms with E-state index in [0.29, 0.717) is 6.04 Å². The third-order valence-electron chi connectivity index (χ3n) is 3.66. The van der Waals surface area contributed by atoms with Crippen molar-refractivity contribution >= 4 is 53.3 Å². The SMILES string of the molecule is CNC(Cc1ccc(Br)cc1)c1csc2c(Br)cccc12. The maximum absolute atomic E-state index is 3.64. The molecule has 0 aliphatic rings. The van der Waals surface area contributed by atoms with Crippen LogP contribution in [0.15, 0.2) is 56.8 Å². The van der Waals surface area contributed by atoms with Crippen LogP contribution in [0.1, 0.15) is 17.2 Å². The lowest BCUT2D eigenvalue weighted by atomic mass is 9.98. The van der Waals surface area contributed by atoms with Crippen molar-refractivity contribution in [1.29, 1.82) is 0 Å². The summed E-state index contributed by atoms with van der Waals surface area (Å²) in [6.45, 7) is 0. The number of likely N-dealkylation sites (N-methyl/N-ethyl adjacent to an activating group) is 1. The first-order chi connectivity index (χ1) is 10.2. The molecule has 0 spiro atoms. The van der Waals surface area contributed by atoms with Gasteiger partial charge >= 0.3 is 0 Å². The van der Waals surface area contributed by atoms with Crippen molar-refractivity contribution in [2.75, 3.05) is 7.05 Å². The summed E-state index contributed by atoms with van der Waals surface area (Å²) in [6.07, 6.45) is 0.988. The number of halogens is 2. The van der Waals surface area contributed by atoms with Crippen LogP contribution in [0.3, 0.4) is 0 Å². The average molecular weight is 425 g/mol. The zero-order chi connectivity index (χ0) is 14.8. The normalized spacial score (nSPS) is 12.7. The quantitative estimate of drug-likeness (QED) is 0.547. The number of fused-ring (bicyclic) bond motifs is 1. The fourth-order valence-corrected chi connectivity index (χ4v) is 4.48. The predicted molar refractivity (Wildman–Crippen MR) is 99.2 cm³/mol. The highest BCUT2D eigenvalue weighted by molar-refractivity contribution is 9.11. The molecular formula is C17H15Br2NS. The van der Waals surface area contributed by atoms with E-state index in [1.54, 1.807) is 11.3 Å². The first-order valence-corrected chi connectivity index (χ1v) is 9.23. The minimum Gasteiger partial charge on any atom is -0.313 e. The molecule has 1 nitrogen and oxygen atoms in total. The number of rotatable bonds is 4. The van der Waals surface area contributed by atoms with Crippen LogP contribution in [0.25, 0.3) is 10.1 Å². The second-order valence-corrected chi connectivity index (χ2v) is 7.63. The third kappa shape index (κ3) is 3.24. The van der Waals surface area contributed by atoms with E-state index in [1.165, 1.54) is 25.7 Å². The molecule has 1 aromatic heterocycles. The molecule has 0 amide bonds. The lowest BCUT2D eigenvalue weighted by molar-refractivity contribution is 0.597. The van der Waals surface area contributed by atoms with Crippen molar-refractivity contribution in [3.8, 4) is 0 Å². The zero-order valence-electron chi connectivity index (χ0n) is 11.6. The average Bonchev–Trinajstić information content (AvgIpc) is 2.92. The van der Waals surface area contributed by atoms with Crippen LogP contribution in [0.2, 0.25) is 0 Å². The van der Waals surface area contributed by atoms with Crippen LogP contribution in [-0.4, -0.2) is 7.05 Å². The molecule has 1 N–H and O–H groups in total. The summed E-state index contributed by atoms with van der Waals surface area (Å²) in [4.78, 5) is 0. The molecule has 0 saturated heterocycles. The monoisotopic (exact) mass is 423 g/mol. The highest BCUT2D eigenvalue weighted by Gasteiger charge is 2.15. The first-order valence-electron chi connectivity index (χ1n) is 6.76. The summed E-state index contributed by atoms with van der Waals surface area (Å²) in [7, 11) is 2.03. The molecule has 108 valence electrons. The van der Waals surface area contributed by atoms with E-state index in [1.807, 2.05) is 7.05 Å². The van der Waals surface area contributed by atoms with Gasteiger partial charge in [0.05, 0.1) is 0 Å². The zero-order valence-corrected chi connectivity index (χ0v) is 15.6. The van der Waals surface area contributed by atoms with Crippen molar-refractivity contribution in [2.24, 2.45) is 0 Å². The van der Waals surface area contributed by atoms with Crippen LogP contribution < -0.4 is 5.32 Å². The van der Waals surface area contributed by atoms with E-state index in [-0.39, 0.29) is 0 Å². The lowest BCUT2D eigenvalue weighted by Gasteiger charge is -2.16. The topological polar surface area (TPSA) is 12.0 Å². The lowest BCUT2D eigenvalue weighted by Crippen LogP contribution is -2.18. The van der Waals surface area contributed by atoms with Crippen molar-refractivity contribution in [3.05, 3.63) is 67.9 Å². The van der Waals surface area contributed by atoms with Crippen molar-refractivity contribution < 1.29 is 0 Å². The standard InChI is InChI=1S/C17H15Br2NS/c1-20-16(9-11-5-7-12(18)8-6-11)14-10-21-17-13(14)3-2-4-15(17)19/h2-8,10,16,20H,9H2,1H3. The van der Waals surface area contributed by atoms with Gasteiger partial charge in [-0.1, -0.05) is 40.2 Å². The Balaban J connectivity index is 1.95. The molecule has 3 rings (SSSR count). The van der Waals surface area contributed by atoms with E-state index in [9.17, 15) is 0 Å². The molecule has 1 unspecified atom stereocenters. The Morgan fingerprint density at radius 3 is 2.57 bits per heavy atom. The molecule has 3 aromatic rings. The van der Waals surface area contributed by atoms with Crippen molar-refractivity contribution in [3.63, 3.8) is 0 Å². The van der Waals surface area contributed by atoms with E-state index < -0.39 is 0 Å². The van der Waals surface area contributed by atoms with Gasteiger partial charge in [-0.3, -0.25) is 0 Å². The van der Waals surface area contributed by atoms with Crippen LogP contribution in [0.4, 0.5) is 0 Å².